The molecule has 144 valence electrons. The Hall–Kier alpha value is -2.29. The van der Waals surface area contributed by atoms with Gasteiger partial charge in [0.05, 0.1) is 4.90 Å². The molecule has 1 aliphatic rings. The molecule has 1 aliphatic carbocycles. The van der Waals surface area contributed by atoms with Gasteiger partial charge in [-0.2, -0.15) is 0 Å². The van der Waals surface area contributed by atoms with Crippen LogP contribution in [0.25, 0.3) is 0 Å². The zero-order chi connectivity index (χ0) is 19.4. The van der Waals surface area contributed by atoms with Crippen molar-refractivity contribution in [3.63, 3.8) is 0 Å². The van der Waals surface area contributed by atoms with Crippen molar-refractivity contribution in [3.8, 4) is 0 Å². The summed E-state index contributed by atoms with van der Waals surface area (Å²) in [5, 5.41) is 11.3. The van der Waals surface area contributed by atoms with Crippen LogP contribution in [-0.2, 0) is 21.2 Å². The number of hydrogen-bond acceptors (Lipinski definition) is 4. The van der Waals surface area contributed by atoms with Crippen LogP contribution in [0.1, 0.15) is 30.0 Å². The zero-order valence-corrected chi connectivity index (χ0v) is 15.5. The number of rotatable bonds is 8. The van der Waals surface area contributed by atoms with E-state index in [2.05, 4.69) is 10.6 Å². The summed E-state index contributed by atoms with van der Waals surface area (Å²) in [7, 11) is -3.71. The molecular formula is C19H22FN3O3S. The van der Waals surface area contributed by atoms with Crippen LogP contribution < -0.4 is 15.8 Å². The van der Waals surface area contributed by atoms with E-state index in [-0.39, 0.29) is 22.7 Å². The summed E-state index contributed by atoms with van der Waals surface area (Å²) in [4.78, 5) is 12.6. The molecule has 0 unspecified atom stereocenters. The maximum Gasteiger partial charge on any atom is 0.241 e. The molecule has 0 aromatic heterocycles. The highest BCUT2D eigenvalue weighted by atomic mass is 32.2. The second-order valence-corrected chi connectivity index (χ2v) is 8.22. The SMILES string of the molecule is NS(=O)(=O)c1ccc(CCN[C@@H](C(=O)NC2CC2)c2ccc(F)cc2)cc1. The molecule has 0 spiro atoms. The van der Waals surface area contributed by atoms with E-state index in [4.69, 9.17) is 5.14 Å². The summed E-state index contributed by atoms with van der Waals surface area (Å²) >= 11 is 0. The molecule has 0 aliphatic heterocycles. The molecule has 2 aromatic rings. The van der Waals surface area contributed by atoms with Crippen LogP contribution in [0.2, 0.25) is 0 Å². The number of nitrogens with two attached hydrogens (primary N) is 1. The van der Waals surface area contributed by atoms with Crippen LogP contribution >= 0.6 is 0 Å². The van der Waals surface area contributed by atoms with Crippen molar-refractivity contribution in [2.75, 3.05) is 6.54 Å². The Balaban J connectivity index is 1.63. The minimum absolute atomic E-state index is 0.0622. The van der Waals surface area contributed by atoms with Crippen molar-refractivity contribution in [2.45, 2.75) is 36.2 Å². The normalized spacial score (nSPS) is 15.3. The molecule has 1 atom stereocenters. The average molecular weight is 391 g/mol. The smallest absolute Gasteiger partial charge is 0.241 e. The van der Waals surface area contributed by atoms with Gasteiger partial charge in [0.15, 0.2) is 0 Å². The van der Waals surface area contributed by atoms with Gasteiger partial charge in [0, 0.05) is 12.6 Å². The lowest BCUT2D eigenvalue weighted by Crippen LogP contribution is -2.39. The van der Waals surface area contributed by atoms with Crippen LogP contribution in [0.3, 0.4) is 0 Å². The van der Waals surface area contributed by atoms with E-state index < -0.39 is 16.1 Å². The Labute approximate surface area is 158 Å². The first kappa shape index (κ1) is 19.5. The number of amides is 1. The Morgan fingerprint density at radius 2 is 1.74 bits per heavy atom. The monoisotopic (exact) mass is 391 g/mol. The predicted molar refractivity (Wildman–Crippen MR) is 99.8 cm³/mol. The predicted octanol–water partition coefficient (Wildman–Crippen LogP) is 1.63. The van der Waals surface area contributed by atoms with Crippen LogP contribution in [0, 0.1) is 5.82 Å². The quantitative estimate of drug-likeness (QED) is 0.636. The molecule has 1 amide bonds. The van der Waals surface area contributed by atoms with Crippen LogP contribution in [0.4, 0.5) is 4.39 Å². The minimum atomic E-state index is -3.71. The van der Waals surface area contributed by atoms with Gasteiger partial charge in [0.25, 0.3) is 0 Å². The fourth-order valence-electron chi connectivity index (χ4n) is 2.74. The Kier molecular flexibility index (Phi) is 5.88. The second-order valence-electron chi connectivity index (χ2n) is 6.66. The van der Waals surface area contributed by atoms with Gasteiger partial charge < -0.3 is 10.6 Å². The first-order valence-electron chi connectivity index (χ1n) is 8.74. The number of halogens is 1. The molecule has 0 bridgehead atoms. The average Bonchev–Trinajstić information content (AvgIpc) is 3.43. The van der Waals surface area contributed by atoms with Gasteiger partial charge in [0.1, 0.15) is 11.9 Å². The van der Waals surface area contributed by atoms with Crippen LogP contribution in [0.15, 0.2) is 53.4 Å². The van der Waals surface area contributed by atoms with Gasteiger partial charge in [-0.25, -0.2) is 17.9 Å². The fraction of sp³-hybridized carbons (Fsp3) is 0.316. The van der Waals surface area contributed by atoms with E-state index in [9.17, 15) is 17.6 Å². The van der Waals surface area contributed by atoms with Crippen molar-refractivity contribution < 1.29 is 17.6 Å². The second kappa shape index (κ2) is 8.16. The van der Waals surface area contributed by atoms with E-state index in [0.29, 0.717) is 18.5 Å². The Morgan fingerprint density at radius 3 is 2.30 bits per heavy atom. The third-order valence-electron chi connectivity index (χ3n) is 4.40. The van der Waals surface area contributed by atoms with E-state index in [1.54, 1.807) is 24.3 Å². The van der Waals surface area contributed by atoms with Gasteiger partial charge in [-0.3, -0.25) is 4.79 Å². The number of carbonyl (C=O) groups is 1. The summed E-state index contributed by atoms with van der Waals surface area (Å²) in [6.45, 7) is 0.495. The summed E-state index contributed by atoms with van der Waals surface area (Å²) in [6, 6.07) is 11.8. The summed E-state index contributed by atoms with van der Waals surface area (Å²) < 4.78 is 35.8. The molecule has 2 aromatic carbocycles. The molecule has 1 fully saturated rings. The molecule has 3 rings (SSSR count). The first-order valence-corrected chi connectivity index (χ1v) is 10.3. The standard InChI is InChI=1S/C19H22FN3O3S/c20-15-5-3-14(4-6-15)18(19(24)23-16-7-8-16)22-12-11-13-1-9-17(10-2-13)27(21,25)26/h1-6,9-10,16,18,22H,7-8,11-12H2,(H,23,24)(H2,21,25,26)/t18-/m1/s1. The van der Waals surface area contributed by atoms with Gasteiger partial charge in [-0.05, 0) is 54.7 Å². The van der Waals surface area contributed by atoms with E-state index in [0.717, 1.165) is 18.4 Å². The first-order chi connectivity index (χ1) is 12.8. The summed E-state index contributed by atoms with van der Waals surface area (Å²) in [6.07, 6.45) is 2.57. The molecule has 6 nitrogen and oxygen atoms in total. The van der Waals surface area contributed by atoms with E-state index >= 15 is 0 Å². The lowest BCUT2D eigenvalue weighted by molar-refractivity contribution is -0.123. The van der Waals surface area contributed by atoms with E-state index in [1.807, 2.05) is 0 Å². The molecule has 27 heavy (non-hydrogen) atoms. The maximum atomic E-state index is 13.2. The van der Waals surface area contributed by atoms with Crippen LogP contribution in [0.5, 0.6) is 0 Å². The molecule has 0 saturated heterocycles. The molecular weight excluding hydrogens is 369 g/mol. The highest BCUT2D eigenvalue weighted by molar-refractivity contribution is 7.89. The molecule has 4 N–H and O–H groups in total. The number of primary sulfonamides is 1. The number of carbonyl (C=O) groups excluding carboxylic acids is 1. The Bertz CT molecular complexity index is 895. The molecule has 0 radical (unpaired) electrons. The minimum Gasteiger partial charge on any atom is -0.352 e. The maximum absolute atomic E-state index is 13.2. The van der Waals surface area contributed by atoms with Crippen LogP contribution in [-0.4, -0.2) is 26.9 Å². The van der Waals surface area contributed by atoms with Gasteiger partial charge in [-0.15, -0.1) is 0 Å². The van der Waals surface area contributed by atoms with E-state index in [1.165, 1.54) is 24.3 Å². The van der Waals surface area contributed by atoms with Crippen molar-refractivity contribution in [1.29, 1.82) is 0 Å². The van der Waals surface area contributed by atoms with Gasteiger partial charge in [0.2, 0.25) is 15.9 Å². The molecule has 0 heterocycles. The number of sulfonamides is 1. The number of nitrogens with one attached hydrogen (secondary N) is 2. The highest BCUT2D eigenvalue weighted by Gasteiger charge is 2.28. The fourth-order valence-corrected chi connectivity index (χ4v) is 3.25. The topological polar surface area (TPSA) is 101 Å². The number of benzene rings is 2. The lowest BCUT2D eigenvalue weighted by atomic mass is 10.1. The molecule has 8 heteroatoms. The number of hydrogen-bond donors (Lipinski definition) is 3. The third kappa shape index (κ3) is 5.59. The van der Waals surface area contributed by atoms with Gasteiger partial charge in [-0.1, -0.05) is 24.3 Å². The van der Waals surface area contributed by atoms with Crippen molar-refractivity contribution in [3.05, 3.63) is 65.5 Å². The Morgan fingerprint density at radius 1 is 1.11 bits per heavy atom. The lowest BCUT2D eigenvalue weighted by Gasteiger charge is -2.19. The largest absolute Gasteiger partial charge is 0.352 e. The summed E-state index contributed by atoms with van der Waals surface area (Å²) in [5.41, 5.74) is 1.61. The van der Waals surface area contributed by atoms with Crippen molar-refractivity contribution >= 4 is 15.9 Å². The summed E-state index contributed by atoms with van der Waals surface area (Å²) in [5.74, 6) is -0.483. The third-order valence-corrected chi connectivity index (χ3v) is 5.33. The molecule has 1 saturated carbocycles. The van der Waals surface area contributed by atoms with Crippen molar-refractivity contribution in [2.24, 2.45) is 5.14 Å². The highest BCUT2D eigenvalue weighted by Crippen LogP contribution is 2.21. The van der Waals surface area contributed by atoms with Crippen molar-refractivity contribution in [1.82, 2.24) is 10.6 Å². The zero-order valence-electron chi connectivity index (χ0n) is 14.7. The van der Waals surface area contributed by atoms with Gasteiger partial charge >= 0.3 is 0 Å².